The van der Waals surface area contributed by atoms with Crippen LogP contribution in [0.25, 0.3) is 0 Å². The Labute approximate surface area is 91.7 Å². The summed E-state index contributed by atoms with van der Waals surface area (Å²) >= 11 is 5.12. The molecular weight excluding hydrogens is 248 g/mol. The first-order valence-electron chi connectivity index (χ1n) is 4.34. The second-order valence-electron chi connectivity index (χ2n) is 3.36. The maximum atomic E-state index is 5.66. The smallest absolute Gasteiger partial charge is 0.0896 e. The van der Waals surface area contributed by atoms with E-state index in [2.05, 4.69) is 46.5 Å². The highest BCUT2D eigenvalue weighted by atomic mass is 79.9. The van der Waals surface area contributed by atoms with Crippen LogP contribution in [0.4, 0.5) is 5.00 Å². The number of nitrogens with one attached hydrogen (secondary N) is 1. The first-order chi connectivity index (χ1) is 6.13. The molecule has 0 saturated carbocycles. The average Bonchev–Trinajstić information content (AvgIpc) is 2.46. The first kappa shape index (κ1) is 11.0. The van der Waals surface area contributed by atoms with Crippen molar-refractivity contribution in [3.05, 3.63) is 15.9 Å². The van der Waals surface area contributed by atoms with Crippen molar-refractivity contribution in [1.29, 1.82) is 0 Å². The summed E-state index contributed by atoms with van der Waals surface area (Å²) in [5.41, 5.74) is 5.66. The van der Waals surface area contributed by atoms with Crippen LogP contribution in [-0.2, 0) is 0 Å². The molecule has 0 fully saturated rings. The molecular formula is C9H15BrN2S. The van der Waals surface area contributed by atoms with Crippen LogP contribution >= 0.6 is 27.3 Å². The number of rotatable bonds is 4. The van der Waals surface area contributed by atoms with Crippen molar-refractivity contribution in [3.63, 3.8) is 0 Å². The SMILES string of the molecule is CC(C)C(CN)Nc1cc(Br)cs1. The van der Waals surface area contributed by atoms with Crippen LogP contribution in [0.1, 0.15) is 13.8 Å². The third kappa shape index (κ3) is 3.29. The summed E-state index contributed by atoms with van der Waals surface area (Å²) in [6, 6.07) is 2.45. The fraction of sp³-hybridized carbons (Fsp3) is 0.556. The van der Waals surface area contributed by atoms with Gasteiger partial charge in [0.15, 0.2) is 0 Å². The Morgan fingerprint density at radius 3 is 2.69 bits per heavy atom. The van der Waals surface area contributed by atoms with Gasteiger partial charge in [0.05, 0.1) is 5.00 Å². The van der Waals surface area contributed by atoms with Gasteiger partial charge < -0.3 is 11.1 Å². The number of hydrogen-bond donors (Lipinski definition) is 2. The number of nitrogens with two attached hydrogens (primary N) is 1. The molecule has 0 aromatic carbocycles. The van der Waals surface area contributed by atoms with Crippen molar-refractivity contribution in [2.24, 2.45) is 11.7 Å². The molecule has 1 aromatic rings. The summed E-state index contributed by atoms with van der Waals surface area (Å²) in [6.45, 7) is 5.02. The predicted molar refractivity (Wildman–Crippen MR) is 63.3 cm³/mol. The molecule has 0 aliphatic heterocycles. The third-order valence-corrected chi connectivity index (χ3v) is 3.58. The van der Waals surface area contributed by atoms with Crippen LogP contribution in [0.5, 0.6) is 0 Å². The first-order valence-corrected chi connectivity index (χ1v) is 6.01. The van der Waals surface area contributed by atoms with Crippen molar-refractivity contribution in [3.8, 4) is 0 Å². The highest BCUT2D eigenvalue weighted by molar-refractivity contribution is 9.10. The molecule has 1 atom stereocenters. The minimum absolute atomic E-state index is 0.366. The van der Waals surface area contributed by atoms with E-state index in [9.17, 15) is 0 Å². The van der Waals surface area contributed by atoms with Crippen LogP contribution in [-0.4, -0.2) is 12.6 Å². The molecule has 0 aliphatic rings. The number of thiophene rings is 1. The lowest BCUT2D eigenvalue weighted by Gasteiger charge is -2.20. The Morgan fingerprint density at radius 2 is 2.31 bits per heavy atom. The molecule has 0 amide bonds. The van der Waals surface area contributed by atoms with E-state index in [0.717, 1.165) is 4.47 Å². The minimum atomic E-state index is 0.366. The molecule has 0 aliphatic carbocycles. The minimum Gasteiger partial charge on any atom is -0.373 e. The average molecular weight is 263 g/mol. The van der Waals surface area contributed by atoms with E-state index in [1.54, 1.807) is 11.3 Å². The van der Waals surface area contributed by atoms with Gasteiger partial charge in [0.25, 0.3) is 0 Å². The molecule has 13 heavy (non-hydrogen) atoms. The largest absolute Gasteiger partial charge is 0.373 e. The zero-order valence-electron chi connectivity index (χ0n) is 7.88. The standard InChI is InChI=1S/C9H15BrN2S/c1-6(2)8(4-11)12-9-3-7(10)5-13-9/h3,5-6,8,12H,4,11H2,1-2H3. The van der Waals surface area contributed by atoms with Gasteiger partial charge in [0, 0.05) is 22.4 Å². The number of halogens is 1. The Balaban J connectivity index is 2.56. The Morgan fingerprint density at radius 1 is 1.62 bits per heavy atom. The van der Waals surface area contributed by atoms with E-state index in [-0.39, 0.29) is 0 Å². The molecule has 3 N–H and O–H groups in total. The lowest BCUT2D eigenvalue weighted by Crippen LogP contribution is -2.33. The quantitative estimate of drug-likeness (QED) is 0.876. The van der Waals surface area contributed by atoms with Gasteiger partial charge in [-0.15, -0.1) is 11.3 Å². The molecule has 1 unspecified atom stereocenters. The number of hydrogen-bond acceptors (Lipinski definition) is 3. The molecule has 0 bridgehead atoms. The normalized spacial score (nSPS) is 13.3. The summed E-state index contributed by atoms with van der Waals surface area (Å²) in [4.78, 5) is 0. The van der Waals surface area contributed by atoms with Crippen molar-refractivity contribution >= 4 is 32.3 Å². The molecule has 74 valence electrons. The van der Waals surface area contributed by atoms with Gasteiger partial charge in [-0.3, -0.25) is 0 Å². The maximum Gasteiger partial charge on any atom is 0.0896 e. The fourth-order valence-electron chi connectivity index (χ4n) is 1.07. The molecule has 2 nitrogen and oxygen atoms in total. The lowest BCUT2D eigenvalue weighted by molar-refractivity contribution is 0.532. The fourth-order valence-corrected chi connectivity index (χ4v) is 2.45. The van der Waals surface area contributed by atoms with Gasteiger partial charge >= 0.3 is 0 Å². The molecule has 0 radical (unpaired) electrons. The molecule has 4 heteroatoms. The lowest BCUT2D eigenvalue weighted by atomic mass is 10.1. The van der Waals surface area contributed by atoms with Crippen molar-refractivity contribution < 1.29 is 0 Å². The van der Waals surface area contributed by atoms with Gasteiger partial charge in [-0.05, 0) is 27.9 Å². The highest BCUT2D eigenvalue weighted by Gasteiger charge is 2.11. The van der Waals surface area contributed by atoms with E-state index in [4.69, 9.17) is 5.73 Å². The zero-order valence-corrected chi connectivity index (χ0v) is 10.3. The third-order valence-electron chi connectivity index (χ3n) is 1.95. The predicted octanol–water partition coefficient (Wildman–Crippen LogP) is 2.91. The van der Waals surface area contributed by atoms with E-state index in [0.29, 0.717) is 18.5 Å². The van der Waals surface area contributed by atoms with E-state index < -0.39 is 0 Å². The molecule has 0 saturated heterocycles. The van der Waals surface area contributed by atoms with Crippen molar-refractivity contribution in [2.45, 2.75) is 19.9 Å². The van der Waals surface area contributed by atoms with Gasteiger partial charge in [-0.2, -0.15) is 0 Å². The Bertz CT molecular complexity index is 260. The van der Waals surface area contributed by atoms with Gasteiger partial charge in [0.1, 0.15) is 0 Å². The molecule has 1 rings (SSSR count). The van der Waals surface area contributed by atoms with Crippen LogP contribution in [0.3, 0.4) is 0 Å². The van der Waals surface area contributed by atoms with Gasteiger partial charge in [-0.1, -0.05) is 13.8 Å². The molecule has 1 aromatic heterocycles. The van der Waals surface area contributed by atoms with Crippen LogP contribution in [0, 0.1) is 5.92 Å². The summed E-state index contributed by atoms with van der Waals surface area (Å²) in [5.74, 6) is 0.561. The molecule has 0 spiro atoms. The van der Waals surface area contributed by atoms with Crippen molar-refractivity contribution in [1.82, 2.24) is 0 Å². The molecule has 1 heterocycles. The maximum absolute atomic E-state index is 5.66. The Hall–Kier alpha value is -0.0600. The van der Waals surface area contributed by atoms with E-state index in [1.165, 1.54) is 5.00 Å². The summed E-state index contributed by atoms with van der Waals surface area (Å²) in [6.07, 6.45) is 0. The van der Waals surface area contributed by atoms with E-state index >= 15 is 0 Å². The summed E-state index contributed by atoms with van der Waals surface area (Å²) in [7, 11) is 0. The topological polar surface area (TPSA) is 38.0 Å². The zero-order chi connectivity index (χ0) is 9.84. The summed E-state index contributed by atoms with van der Waals surface area (Å²) in [5, 5.41) is 6.66. The number of anilines is 1. The Kier molecular flexibility index (Phi) is 4.22. The second-order valence-corrected chi connectivity index (χ2v) is 5.19. The van der Waals surface area contributed by atoms with Crippen LogP contribution < -0.4 is 11.1 Å². The monoisotopic (exact) mass is 262 g/mol. The van der Waals surface area contributed by atoms with E-state index in [1.807, 2.05) is 0 Å². The highest BCUT2D eigenvalue weighted by Crippen LogP contribution is 2.25. The second kappa shape index (κ2) is 4.98. The van der Waals surface area contributed by atoms with Gasteiger partial charge in [0.2, 0.25) is 0 Å². The van der Waals surface area contributed by atoms with Crippen molar-refractivity contribution in [2.75, 3.05) is 11.9 Å². The van der Waals surface area contributed by atoms with Crippen LogP contribution in [0.2, 0.25) is 0 Å². The van der Waals surface area contributed by atoms with Crippen LogP contribution in [0.15, 0.2) is 15.9 Å². The summed E-state index contributed by atoms with van der Waals surface area (Å²) < 4.78 is 1.12. The van der Waals surface area contributed by atoms with Gasteiger partial charge in [-0.25, -0.2) is 0 Å².